The second-order valence-electron chi connectivity index (χ2n) is 8.02. The molecule has 2 aliphatic heterocycles. The Morgan fingerprint density at radius 3 is 2.60 bits per heavy atom. The fourth-order valence-corrected chi connectivity index (χ4v) is 3.82. The minimum Gasteiger partial charge on any atom is -0.388 e. The zero-order valence-electron chi connectivity index (χ0n) is 15.5. The first-order valence-corrected chi connectivity index (χ1v) is 9.54. The predicted octanol–water partition coefficient (Wildman–Crippen LogP) is 1.62. The van der Waals surface area contributed by atoms with E-state index in [9.17, 15) is 9.90 Å². The van der Waals surface area contributed by atoms with Gasteiger partial charge in [0.25, 0.3) is 5.56 Å². The van der Waals surface area contributed by atoms with Crippen molar-refractivity contribution in [2.75, 3.05) is 32.8 Å². The number of hydrogen-bond donors (Lipinski definition) is 1. The molecule has 0 saturated carbocycles. The topological polar surface area (TPSA) is 67.6 Å². The highest BCUT2D eigenvalue weighted by Gasteiger charge is 2.33. The molecule has 1 N–H and O–H groups in total. The summed E-state index contributed by atoms with van der Waals surface area (Å²) in [6.07, 6.45) is 5.29. The number of nitrogens with zero attached hydrogens (tertiary/aromatic N) is 3. The van der Waals surface area contributed by atoms with E-state index in [1.807, 2.05) is 13.8 Å². The van der Waals surface area contributed by atoms with Crippen molar-refractivity contribution in [3.8, 4) is 0 Å². The van der Waals surface area contributed by atoms with Crippen LogP contribution in [0.4, 0.5) is 0 Å². The minimum absolute atomic E-state index is 0.0534. The van der Waals surface area contributed by atoms with Crippen LogP contribution < -0.4 is 5.56 Å². The van der Waals surface area contributed by atoms with E-state index in [0.717, 1.165) is 57.6 Å². The molecule has 25 heavy (non-hydrogen) atoms. The van der Waals surface area contributed by atoms with Crippen molar-refractivity contribution in [2.45, 2.75) is 57.6 Å². The van der Waals surface area contributed by atoms with Crippen LogP contribution in [0, 0.1) is 5.92 Å². The molecule has 0 radical (unpaired) electrons. The molecule has 6 heteroatoms. The molecule has 0 aliphatic carbocycles. The molecule has 0 amide bonds. The van der Waals surface area contributed by atoms with Gasteiger partial charge in [0, 0.05) is 45.2 Å². The molecular formula is C19H31N3O3. The third-order valence-corrected chi connectivity index (χ3v) is 5.60. The van der Waals surface area contributed by atoms with Crippen LogP contribution >= 0.6 is 0 Å². The van der Waals surface area contributed by atoms with Gasteiger partial charge in [0.15, 0.2) is 0 Å². The number of likely N-dealkylation sites (tertiary alicyclic amines) is 1. The van der Waals surface area contributed by atoms with Gasteiger partial charge in [0.2, 0.25) is 0 Å². The number of aromatic nitrogens is 2. The van der Waals surface area contributed by atoms with Crippen LogP contribution in [0.1, 0.15) is 51.1 Å². The maximum atomic E-state index is 12.3. The molecule has 6 nitrogen and oxygen atoms in total. The van der Waals surface area contributed by atoms with Crippen molar-refractivity contribution < 1.29 is 9.84 Å². The van der Waals surface area contributed by atoms with Crippen molar-refractivity contribution in [3.05, 3.63) is 28.4 Å². The van der Waals surface area contributed by atoms with Gasteiger partial charge in [0.1, 0.15) is 0 Å². The normalized spacial score (nSPS) is 22.4. The number of piperidine rings is 1. The molecule has 0 spiro atoms. The largest absolute Gasteiger partial charge is 0.388 e. The van der Waals surface area contributed by atoms with Gasteiger partial charge < -0.3 is 14.7 Å². The van der Waals surface area contributed by atoms with E-state index >= 15 is 0 Å². The van der Waals surface area contributed by atoms with E-state index in [1.54, 1.807) is 17.0 Å². The second kappa shape index (κ2) is 7.98. The average molecular weight is 349 g/mol. The highest BCUT2D eigenvalue weighted by Crippen LogP contribution is 2.25. The highest BCUT2D eigenvalue weighted by molar-refractivity contribution is 5.04. The molecule has 2 fully saturated rings. The molecule has 0 atom stereocenters. The summed E-state index contributed by atoms with van der Waals surface area (Å²) in [5.41, 5.74) is 0.331. The lowest BCUT2D eigenvalue weighted by molar-refractivity contribution is -0.0831. The van der Waals surface area contributed by atoms with Crippen molar-refractivity contribution in [3.63, 3.8) is 0 Å². The number of β-amino-alcohol motifs (C(OH)–C–C–N with tert-alkyl or cyclic N) is 1. The van der Waals surface area contributed by atoms with Gasteiger partial charge in [-0.05, 0) is 37.8 Å². The van der Waals surface area contributed by atoms with Crippen molar-refractivity contribution in [1.29, 1.82) is 0 Å². The van der Waals surface area contributed by atoms with Gasteiger partial charge >= 0.3 is 0 Å². The van der Waals surface area contributed by atoms with Gasteiger partial charge in [-0.2, -0.15) is 0 Å². The van der Waals surface area contributed by atoms with Crippen LogP contribution in [-0.2, 0) is 11.3 Å². The minimum atomic E-state index is -0.585. The van der Waals surface area contributed by atoms with Crippen LogP contribution in [-0.4, -0.2) is 58.0 Å². The first-order chi connectivity index (χ1) is 12.0. The summed E-state index contributed by atoms with van der Waals surface area (Å²) in [6, 6.07) is 1.67. The smallest absolute Gasteiger partial charge is 0.253 e. The Morgan fingerprint density at radius 1 is 1.32 bits per heavy atom. The maximum Gasteiger partial charge on any atom is 0.253 e. The molecule has 140 valence electrons. The Hall–Kier alpha value is -1.24. The lowest BCUT2D eigenvalue weighted by atomic mass is 9.91. The lowest BCUT2D eigenvalue weighted by Gasteiger charge is -2.39. The quantitative estimate of drug-likeness (QED) is 0.875. The summed E-state index contributed by atoms with van der Waals surface area (Å²) in [7, 11) is 0. The zero-order valence-corrected chi connectivity index (χ0v) is 15.5. The molecular weight excluding hydrogens is 318 g/mol. The summed E-state index contributed by atoms with van der Waals surface area (Å²) < 4.78 is 7.10. The van der Waals surface area contributed by atoms with Gasteiger partial charge in [-0.25, -0.2) is 4.98 Å². The van der Waals surface area contributed by atoms with Gasteiger partial charge in [-0.3, -0.25) is 9.36 Å². The summed E-state index contributed by atoms with van der Waals surface area (Å²) >= 11 is 0. The SMILES string of the molecule is CC(C)c1cc(=O)n(CC2CCN(CC3(O)CCOCC3)CC2)cn1. The molecule has 0 aromatic carbocycles. The first-order valence-electron chi connectivity index (χ1n) is 9.54. The fraction of sp³-hybridized carbons (Fsp3) is 0.789. The lowest BCUT2D eigenvalue weighted by Crippen LogP contribution is -2.49. The van der Waals surface area contributed by atoms with Gasteiger partial charge in [-0.1, -0.05) is 13.8 Å². The molecule has 3 rings (SSSR count). The van der Waals surface area contributed by atoms with Gasteiger partial charge in [0.05, 0.1) is 17.6 Å². The monoisotopic (exact) mass is 349 g/mol. The molecule has 1 aromatic heterocycles. The molecule has 1 aromatic rings. The van der Waals surface area contributed by atoms with Crippen LogP contribution in [0.25, 0.3) is 0 Å². The molecule has 0 bridgehead atoms. The Morgan fingerprint density at radius 2 is 2.00 bits per heavy atom. The number of hydrogen-bond acceptors (Lipinski definition) is 5. The van der Waals surface area contributed by atoms with Crippen LogP contribution in [0.15, 0.2) is 17.2 Å². The van der Waals surface area contributed by atoms with Crippen molar-refractivity contribution in [1.82, 2.24) is 14.5 Å². The van der Waals surface area contributed by atoms with E-state index in [0.29, 0.717) is 19.1 Å². The van der Waals surface area contributed by atoms with Crippen LogP contribution in [0.2, 0.25) is 0 Å². The molecule has 2 saturated heterocycles. The molecule has 0 unspecified atom stereocenters. The Labute approximate surface area is 149 Å². The summed E-state index contributed by atoms with van der Waals surface area (Å²) in [5.74, 6) is 0.784. The van der Waals surface area contributed by atoms with Crippen LogP contribution in [0.5, 0.6) is 0 Å². The number of ether oxygens (including phenoxy) is 1. The number of aliphatic hydroxyl groups is 1. The van der Waals surface area contributed by atoms with E-state index in [-0.39, 0.29) is 11.5 Å². The van der Waals surface area contributed by atoms with E-state index in [1.165, 1.54) is 0 Å². The summed E-state index contributed by atoms with van der Waals surface area (Å²) in [4.78, 5) is 19.0. The zero-order chi connectivity index (χ0) is 17.9. The molecule has 3 heterocycles. The Kier molecular flexibility index (Phi) is 5.92. The fourth-order valence-electron chi connectivity index (χ4n) is 3.82. The van der Waals surface area contributed by atoms with Crippen LogP contribution in [0.3, 0.4) is 0 Å². The van der Waals surface area contributed by atoms with Crippen molar-refractivity contribution in [2.24, 2.45) is 5.92 Å². The predicted molar refractivity (Wildman–Crippen MR) is 96.8 cm³/mol. The molecule has 2 aliphatic rings. The third kappa shape index (κ3) is 4.90. The second-order valence-corrected chi connectivity index (χ2v) is 8.02. The van der Waals surface area contributed by atoms with Gasteiger partial charge in [-0.15, -0.1) is 0 Å². The summed E-state index contributed by atoms with van der Waals surface area (Å²) in [5, 5.41) is 10.7. The Balaban J connectivity index is 1.50. The highest BCUT2D eigenvalue weighted by atomic mass is 16.5. The summed E-state index contributed by atoms with van der Waals surface area (Å²) in [6.45, 7) is 8.89. The van der Waals surface area contributed by atoms with Crippen molar-refractivity contribution >= 4 is 0 Å². The third-order valence-electron chi connectivity index (χ3n) is 5.60. The van der Waals surface area contributed by atoms with E-state index in [2.05, 4.69) is 9.88 Å². The maximum absolute atomic E-state index is 12.3. The van der Waals surface area contributed by atoms with E-state index in [4.69, 9.17) is 4.74 Å². The Bertz CT molecular complexity index is 615. The standard InChI is InChI=1S/C19H31N3O3/c1-15(2)17-11-18(23)22(14-20-17)12-16-3-7-21(8-4-16)13-19(24)5-9-25-10-6-19/h11,14-16,24H,3-10,12-13H2,1-2H3. The van der Waals surface area contributed by atoms with E-state index < -0.39 is 5.60 Å². The first kappa shape index (κ1) is 18.5. The number of rotatable bonds is 5. The average Bonchev–Trinajstić information content (AvgIpc) is 2.58.